The van der Waals surface area contributed by atoms with Gasteiger partial charge in [0.15, 0.2) is 0 Å². The van der Waals surface area contributed by atoms with Gasteiger partial charge in [0.25, 0.3) is 0 Å². The van der Waals surface area contributed by atoms with Crippen LogP contribution >= 0.6 is 0 Å². The number of hydrogen-bond acceptors (Lipinski definition) is 3. The third-order valence-electron chi connectivity index (χ3n) is 1.88. The molecule has 0 saturated heterocycles. The van der Waals surface area contributed by atoms with Gasteiger partial charge >= 0.3 is 0 Å². The molecule has 0 fully saturated rings. The second-order valence-electron chi connectivity index (χ2n) is 3.34. The average Bonchev–Trinajstić information content (AvgIpc) is 2.04. The van der Waals surface area contributed by atoms with E-state index in [0.29, 0.717) is 6.54 Å². The van der Waals surface area contributed by atoms with Gasteiger partial charge in [0, 0.05) is 20.6 Å². The molecule has 0 spiro atoms. The molecule has 80 valence electrons. The summed E-state index contributed by atoms with van der Waals surface area (Å²) in [6.45, 7) is 5.16. The molecule has 0 aromatic carbocycles. The summed E-state index contributed by atoms with van der Waals surface area (Å²) in [7, 11) is 0.0358. The van der Waals surface area contributed by atoms with Crippen LogP contribution in [0.15, 0.2) is 0 Å². The van der Waals surface area contributed by atoms with Crippen LogP contribution in [0.3, 0.4) is 0 Å². The van der Waals surface area contributed by atoms with Crippen LogP contribution in [0, 0.1) is 0 Å². The van der Waals surface area contributed by atoms with E-state index >= 15 is 0 Å². The fraction of sp³-hybridized carbons (Fsp3) is 1.00. The Labute approximate surface area is 81.4 Å². The van der Waals surface area contributed by atoms with Crippen molar-refractivity contribution in [3.8, 4) is 0 Å². The van der Waals surface area contributed by atoms with E-state index in [1.807, 2.05) is 0 Å². The Morgan fingerprint density at radius 1 is 1.38 bits per heavy atom. The first-order chi connectivity index (χ1) is 5.92. The van der Waals surface area contributed by atoms with Crippen LogP contribution in [0.5, 0.6) is 0 Å². The zero-order valence-corrected chi connectivity index (χ0v) is 9.69. The molecule has 0 amide bonds. The topological polar surface area (TPSA) is 49.4 Å². The smallest absolute Gasteiger partial charge is 0.217 e. The summed E-state index contributed by atoms with van der Waals surface area (Å²) in [5.74, 6) is 0. The lowest BCUT2D eigenvalue weighted by molar-refractivity contribution is 0.501. The molecule has 0 rings (SSSR count). The summed E-state index contributed by atoms with van der Waals surface area (Å²) in [5.41, 5.74) is 0. The minimum absolute atomic E-state index is 0.353. The Bertz CT molecular complexity index is 224. The van der Waals surface area contributed by atoms with Crippen LogP contribution in [-0.2, 0) is 10.0 Å². The molecular formula is C8H20N2O2S. The van der Waals surface area contributed by atoms with E-state index < -0.39 is 10.0 Å². The highest BCUT2D eigenvalue weighted by atomic mass is 32.2. The summed E-state index contributed by atoms with van der Waals surface area (Å²) in [6.07, 6.45) is 1.02. The molecule has 0 aliphatic carbocycles. The molecule has 1 atom stereocenters. The van der Waals surface area contributed by atoms with Crippen LogP contribution in [0.4, 0.5) is 0 Å². The molecule has 0 aromatic rings. The highest BCUT2D eigenvalue weighted by Crippen LogP contribution is 2.02. The number of hydrogen-bond donors (Lipinski definition) is 1. The number of nitrogens with one attached hydrogen (secondary N) is 1. The SMILES string of the molecule is CCCNCC(C)S(=O)(=O)N(C)C. The van der Waals surface area contributed by atoms with Crippen LogP contribution in [0.2, 0.25) is 0 Å². The maximum Gasteiger partial charge on any atom is 0.217 e. The monoisotopic (exact) mass is 208 g/mol. The van der Waals surface area contributed by atoms with Gasteiger partial charge in [-0.05, 0) is 19.9 Å². The minimum atomic E-state index is -3.09. The molecule has 0 radical (unpaired) electrons. The van der Waals surface area contributed by atoms with Gasteiger partial charge in [0.2, 0.25) is 10.0 Å². The predicted molar refractivity (Wildman–Crippen MR) is 55.2 cm³/mol. The van der Waals surface area contributed by atoms with E-state index in [0.717, 1.165) is 13.0 Å². The van der Waals surface area contributed by atoms with Gasteiger partial charge in [-0.3, -0.25) is 0 Å². The lowest BCUT2D eigenvalue weighted by atomic mass is 10.4. The van der Waals surface area contributed by atoms with E-state index in [1.54, 1.807) is 21.0 Å². The maximum atomic E-state index is 11.5. The molecule has 5 heteroatoms. The van der Waals surface area contributed by atoms with Crippen molar-refractivity contribution in [2.24, 2.45) is 0 Å². The van der Waals surface area contributed by atoms with Crippen molar-refractivity contribution in [2.75, 3.05) is 27.2 Å². The van der Waals surface area contributed by atoms with Crippen molar-refractivity contribution in [2.45, 2.75) is 25.5 Å². The third-order valence-corrected chi connectivity index (χ3v) is 4.08. The van der Waals surface area contributed by atoms with Crippen molar-refractivity contribution < 1.29 is 8.42 Å². The molecule has 1 N–H and O–H groups in total. The first kappa shape index (κ1) is 12.9. The van der Waals surface area contributed by atoms with Crippen molar-refractivity contribution in [1.82, 2.24) is 9.62 Å². The van der Waals surface area contributed by atoms with E-state index in [2.05, 4.69) is 12.2 Å². The Morgan fingerprint density at radius 2 is 1.92 bits per heavy atom. The number of nitrogens with zero attached hydrogens (tertiary/aromatic N) is 1. The normalized spacial score (nSPS) is 14.8. The highest BCUT2D eigenvalue weighted by Gasteiger charge is 2.22. The molecule has 13 heavy (non-hydrogen) atoms. The summed E-state index contributed by atoms with van der Waals surface area (Å²) >= 11 is 0. The highest BCUT2D eigenvalue weighted by molar-refractivity contribution is 7.89. The maximum absolute atomic E-state index is 11.5. The van der Waals surface area contributed by atoms with Crippen molar-refractivity contribution >= 4 is 10.0 Å². The average molecular weight is 208 g/mol. The lowest BCUT2D eigenvalue weighted by Crippen LogP contribution is -2.38. The zero-order chi connectivity index (χ0) is 10.5. The third kappa shape index (κ3) is 4.06. The van der Waals surface area contributed by atoms with Crippen molar-refractivity contribution in [3.05, 3.63) is 0 Å². The van der Waals surface area contributed by atoms with Crippen LogP contribution < -0.4 is 5.32 Å². The fourth-order valence-corrected chi connectivity index (χ4v) is 2.00. The molecule has 1 unspecified atom stereocenters. The molecular weight excluding hydrogens is 188 g/mol. The lowest BCUT2D eigenvalue weighted by Gasteiger charge is -2.18. The van der Waals surface area contributed by atoms with E-state index in [9.17, 15) is 8.42 Å². The zero-order valence-electron chi connectivity index (χ0n) is 8.87. The summed E-state index contributed by atoms with van der Waals surface area (Å²) in [6, 6.07) is 0. The summed E-state index contributed by atoms with van der Waals surface area (Å²) < 4.78 is 24.3. The Kier molecular flexibility index (Phi) is 5.51. The molecule has 0 saturated carbocycles. The Hall–Kier alpha value is -0.130. The standard InChI is InChI=1S/C8H20N2O2S/c1-5-6-9-7-8(2)13(11,12)10(3)4/h8-9H,5-7H2,1-4H3. The molecule has 0 bridgehead atoms. The second kappa shape index (κ2) is 5.57. The van der Waals surface area contributed by atoms with Gasteiger partial charge in [-0.15, -0.1) is 0 Å². The van der Waals surface area contributed by atoms with Crippen molar-refractivity contribution in [3.63, 3.8) is 0 Å². The van der Waals surface area contributed by atoms with Crippen LogP contribution in [-0.4, -0.2) is 45.2 Å². The van der Waals surface area contributed by atoms with Crippen LogP contribution in [0.25, 0.3) is 0 Å². The van der Waals surface area contributed by atoms with E-state index in [-0.39, 0.29) is 5.25 Å². The first-order valence-corrected chi connectivity index (χ1v) is 6.05. The van der Waals surface area contributed by atoms with Gasteiger partial charge < -0.3 is 5.32 Å². The van der Waals surface area contributed by atoms with Gasteiger partial charge in [-0.2, -0.15) is 0 Å². The molecule has 0 aliphatic rings. The predicted octanol–water partition coefficient (Wildman–Crippen LogP) is 0.266. The quantitative estimate of drug-likeness (QED) is 0.637. The van der Waals surface area contributed by atoms with E-state index in [1.165, 1.54) is 4.31 Å². The first-order valence-electron chi connectivity index (χ1n) is 4.55. The fourth-order valence-electron chi connectivity index (χ4n) is 0.947. The summed E-state index contributed by atoms with van der Waals surface area (Å²) in [5, 5.41) is 2.74. The van der Waals surface area contributed by atoms with E-state index in [4.69, 9.17) is 0 Å². The largest absolute Gasteiger partial charge is 0.315 e. The van der Waals surface area contributed by atoms with Gasteiger partial charge in [0.1, 0.15) is 0 Å². The van der Waals surface area contributed by atoms with Gasteiger partial charge in [0.05, 0.1) is 5.25 Å². The van der Waals surface area contributed by atoms with Crippen LogP contribution in [0.1, 0.15) is 20.3 Å². The molecule has 4 nitrogen and oxygen atoms in total. The minimum Gasteiger partial charge on any atom is -0.315 e. The Balaban J connectivity index is 4.03. The molecule has 0 heterocycles. The second-order valence-corrected chi connectivity index (χ2v) is 5.91. The van der Waals surface area contributed by atoms with Gasteiger partial charge in [-0.25, -0.2) is 12.7 Å². The molecule has 0 aromatic heterocycles. The number of rotatable bonds is 6. The van der Waals surface area contributed by atoms with Crippen molar-refractivity contribution in [1.29, 1.82) is 0 Å². The Morgan fingerprint density at radius 3 is 2.31 bits per heavy atom. The summed E-state index contributed by atoms with van der Waals surface area (Å²) in [4.78, 5) is 0. The number of sulfonamides is 1. The van der Waals surface area contributed by atoms with Gasteiger partial charge in [-0.1, -0.05) is 6.92 Å². The molecule has 0 aliphatic heterocycles.